The van der Waals surface area contributed by atoms with Gasteiger partial charge in [-0.2, -0.15) is 0 Å². The van der Waals surface area contributed by atoms with Crippen molar-refractivity contribution in [2.24, 2.45) is 5.92 Å². The Labute approximate surface area is 119 Å². The van der Waals surface area contributed by atoms with Crippen LogP contribution in [-0.4, -0.2) is 64.3 Å². The van der Waals surface area contributed by atoms with Crippen LogP contribution in [-0.2, 0) is 4.79 Å². The van der Waals surface area contributed by atoms with Gasteiger partial charge in [-0.3, -0.25) is 4.79 Å². The average molecular weight is 284 g/mol. The Kier molecular flexibility index (Phi) is 5.23. The molecule has 0 radical (unpaired) electrons. The zero-order chi connectivity index (χ0) is 14.5. The largest absolute Gasteiger partial charge is 0.481 e. The van der Waals surface area contributed by atoms with E-state index in [-0.39, 0.29) is 19.1 Å². The number of aliphatic carboxylic acids is 1. The lowest BCUT2D eigenvalue weighted by Crippen LogP contribution is -2.49. The van der Waals surface area contributed by atoms with Crippen molar-refractivity contribution >= 4 is 12.0 Å². The highest BCUT2D eigenvalue weighted by atomic mass is 16.4. The molecule has 1 aliphatic carbocycles. The van der Waals surface area contributed by atoms with E-state index in [1.54, 1.807) is 4.90 Å². The molecule has 0 spiro atoms. The van der Waals surface area contributed by atoms with Gasteiger partial charge in [-0.15, -0.1) is 0 Å². The number of carboxylic acid groups (broad SMARTS) is 1. The van der Waals surface area contributed by atoms with Crippen LogP contribution in [0.2, 0.25) is 0 Å². The number of hydrogen-bond donors (Lipinski definition) is 2. The van der Waals surface area contributed by atoms with E-state index < -0.39 is 5.97 Å². The van der Waals surface area contributed by atoms with Gasteiger partial charge in [0.15, 0.2) is 0 Å². The van der Waals surface area contributed by atoms with E-state index in [0.717, 1.165) is 32.2 Å². The fraction of sp³-hybridized carbons (Fsp3) is 0.857. The quantitative estimate of drug-likeness (QED) is 0.766. The Hall–Kier alpha value is -1.30. The molecule has 2 aliphatic rings. The fourth-order valence-corrected chi connectivity index (χ4v) is 2.91. The van der Waals surface area contributed by atoms with Crippen LogP contribution < -0.4 is 0 Å². The first-order chi connectivity index (χ1) is 9.61. The first-order valence-corrected chi connectivity index (χ1v) is 7.50. The van der Waals surface area contributed by atoms with Gasteiger partial charge in [0.25, 0.3) is 0 Å². The number of nitrogens with zero attached hydrogens (tertiary/aromatic N) is 2. The van der Waals surface area contributed by atoms with E-state index in [9.17, 15) is 9.59 Å². The van der Waals surface area contributed by atoms with Crippen LogP contribution in [0.4, 0.5) is 4.79 Å². The van der Waals surface area contributed by atoms with E-state index in [0.29, 0.717) is 31.5 Å². The van der Waals surface area contributed by atoms with Gasteiger partial charge in [0, 0.05) is 32.1 Å². The lowest BCUT2D eigenvalue weighted by molar-refractivity contribution is -0.137. The molecule has 2 N–H and O–H groups in total. The summed E-state index contributed by atoms with van der Waals surface area (Å²) in [5.41, 5.74) is 0. The monoisotopic (exact) mass is 284 g/mol. The van der Waals surface area contributed by atoms with Crippen molar-refractivity contribution < 1.29 is 19.8 Å². The molecule has 1 unspecified atom stereocenters. The number of hydrogen-bond acceptors (Lipinski definition) is 3. The Morgan fingerprint density at radius 1 is 1.25 bits per heavy atom. The lowest BCUT2D eigenvalue weighted by Gasteiger charge is -2.36. The summed E-state index contributed by atoms with van der Waals surface area (Å²) in [5.74, 6) is -0.479. The van der Waals surface area contributed by atoms with Crippen molar-refractivity contribution in [2.45, 2.75) is 44.6 Å². The standard InChI is InChI=1S/C14H24N2O4/c17-9-8-16(12-4-5-12)14(20)15-7-1-2-11(10-15)3-6-13(18)19/h11-12,17H,1-10H2,(H,18,19). The molecule has 0 bridgehead atoms. The average Bonchev–Trinajstić information content (AvgIpc) is 3.26. The molecule has 2 rings (SSSR count). The van der Waals surface area contributed by atoms with Gasteiger partial charge < -0.3 is 20.0 Å². The van der Waals surface area contributed by atoms with E-state index in [1.807, 2.05) is 4.90 Å². The number of carbonyl (C=O) groups is 2. The van der Waals surface area contributed by atoms with E-state index in [2.05, 4.69) is 0 Å². The highest BCUT2D eigenvalue weighted by Crippen LogP contribution is 2.29. The van der Waals surface area contributed by atoms with Gasteiger partial charge in [0.1, 0.15) is 0 Å². The molecule has 0 aromatic carbocycles. The Morgan fingerprint density at radius 3 is 2.60 bits per heavy atom. The number of carbonyl (C=O) groups excluding carboxylic acids is 1. The maximum Gasteiger partial charge on any atom is 0.320 e. The summed E-state index contributed by atoms with van der Waals surface area (Å²) in [5, 5.41) is 17.8. The van der Waals surface area contributed by atoms with Crippen molar-refractivity contribution in [3.63, 3.8) is 0 Å². The number of amides is 2. The molecule has 1 heterocycles. The van der Waals surface area contributed by atoms with Crippen LogP contribution in [0, 0.1) is 5.92 Å². The molecule has 1 saturated carbocycles. The lowest BCUT2D eigenvalue weighted by atomic mass is 9.93. The summed E-state index contributed by atoms with van der Waals surface area (Å²) >= 11 is 0. The molecule has 0 aromatic heterocycles. The third kappa shape index (κ3) is 4.10. The third-order valence-electron chi connectivity index (χ3n) is 4.13. The highest BCUT2D eigenvalue weighted by molar-refractivity contribution is 5.75. The predicted octanol–water partition coefficient (Wildman–Crippen LogP) is 1.14. The summed E-state index contributed by atoms with van der Waals surface area (Å²) in [6.07, 6.45) is 4.82. The van der Waals surface area contributed by atoms with Crippen LogP contribution in [0.15, 0.2) is 0 Å². The summed E-state index contributed by atoms with van der Waals surface area (Å²) in [7, 11) is 0. The summed E-state index contributed by atoms with van der Waals surface area (Å²) in [4.78, 5) is 26.7. The molecular formula is C14H24N2O4. The Morgan fingerprint density at radius 2 is 2.00 bits per heavy atom. The van der Waals surface area contributed by atoms with Gasteiger partial charge >= 0.3 is 12.0 Å². The number of carboxylic acids is 1. The van der Waals surface area contributed by atoms with Gasteiger partial charge in [0.2, 0.25) is 0 Å². The van der Waals surface area contributed by atoms with Crippen molar-refractivity contribution in [1.82, 2.24) is 9.80 Å². The zero-order valence-corrected chi connectivity index (χ0v) is 11.8. The normalized spacial score (nSPS) is 22.6. The smallest absolute Gasteiger partial charge is 0.320 e. The molecule has 6 heteroatoms. The van der Waals surface area contributed by atoms with Crippen molar-refractivity contribution in [2.75, 3.05) is 26.2 Å². The van der Waals surface area contributed by atoms with Crippen LogP contribution >= 0.6 is 0 Å². The Balaban J connectivity index is 1.86. The van der Waals surface area contributed by atoms with Crippen molar-refractivity contribution in [3.8, 4) is 0 Å². The van der Waals surface area contributed by atoms with E-state index in [4.69, 9.17) is 10.2 Å². The minimum Gasteiger partial charge on any atom is -0.481 e. The number of likely N-dealkylation sites (tertiary alicyclic amines) is 1. The number of aliphatic hydroxyl groups excluding tert-OH is 1. The number of aliphatic hydroxyl groups is 1. The fourth-order valence-electron chi connectivity index (χ4n) is 2.91. The molecule has 20 heavy (non-hydrogen) atoms. The molecule has 6 nitrogen and oxygen atoms in total. The second-order valence-corrected chi connectivity index (χ2v) is 5.82. The summed E-state index contributed by atoms with van der Waals surface area (Å²) in [6.45, 7) is 1.80. The van der Waals surface area contributed by atoms with Crippen LogP contribution in [0.25, 0.3) is 0 Å². The molecule has 1 aliphatic heterocycles. The second kappa shape index (κ2) is 6.92. The maximum absolute atomic E-state index is 12.5. The van der Waals surface area contributed by atoms with Crippen molar-refractivity contribution in [1.29, 1.82) is 0 Å². The molecule has 0 aromatic rings. The van der Waals surface area contributed by atoms with Crippen LogP contribution in [0.5, 0.6) is 0 Å². The molecule has 1 atom stereocenters. The third-order valence-corrected chi connectivity index (χ3v) is 4.13. The number of piperidine rings is 1. The van der Waals surface area contributed by atoms with E-state index in [1.165, 1.54) is 0 Å². The van der Waals surface area contributed by atoms with Gasteiger partial charge in [-0.25, -0.2) is 4.79 Å². The Bertz CT molecular complexity index is 357. The topological polar surface area (TPSA) is 81.1 Å². The number of rotatable bonds is 6. The van der Waals surface area contributed by atoms with Crippen molar-refractivity contribution in [3.05, 3.63) is 0 Å². The zero-order valence-electron chi connectivity index (χ0n) is 11.8. The minimum atomic E-state index is -0.770. The van der Waals surface area contributed by atoms with E-state index >= 15 is 0 Å². The SMILES string of the molecule is O=C(O)CCC1CCCN(C(=O)N(CCO)C2CC2)C1. The molecule has 2 amide bonds. The highest BCUT2D eigenvalue weighted by Gasteiger charge is 2.35. The second-order valence-electron chi connectivity index (χ2n) is 5.82. The van der Waals surface area contributed by atoms with Gasteiger partial charge in [-0.1, -0.05) is 0 Å². The predicted molar refractivity (Wildman–Crippen MR) is 73.4 cm³/mol. The molecule has 114 valence electrons. The summed E-state index contributed by atoms with van der Waals surface area (Å²) < 4.78 is 0. The first kappa shape index (κ1) is 15.1. The summed E-state index contributed by atoms with van der Waals surface area (Å²) in [6, 6.07) is 0.315. The number of urea groups is 1. The van der Waals surface area contributed by atoms with Crippen LogP contribution in [0.3, 0.4) is 0 Å². The molecular weight excluding hydrogens is 260 g/mol. The van der Waals surface area contributed by atoms with Gasteiger partial charge in [-0.05, 0) is 38.0 Å². The van der Waals surface area contributed by atoms with Crippen LogP contribution in [0.1, 0.15) is 38.5 Å². The minimum absolute atomic E-state index is 0.00147. The molecule has 1 saturated heterocycles. The first-order valence-electron chi connectivity index (χ1n) is 7.50. The molecule has 2 fully saturated rings. The van der Waals surface area contributed by atoms with Gasteiger partial charge in [0.05, 0.1) is 6.61 Å². The maximum atomic E-state index is 12.5.